The maximum Gasteiger partial charge on any atom is 0.244 e. The second-order valence-corrected chi connectivity index (χ2v) is 8.52. The Labute approximate surface area is 130 Å². The van der Waals surface area contributed by atoms with Crippen LogP contribution in [0.25, 0.3) is 0 Å². The van der Waals surface area contributed by atoms with Gasteiger partial charge in [0.1, 0.15) is 4.90 Å². The van der Waals surface area contributed by atoms with E-state index in [0.717, 1.165) is 29.7 Å². The molecule has 118 valence electrons. The number of hydrogen-bond donors (Lipinski definition) is 1. The Bertz CT molecular complexity index is 612. The summed E-state index contributed by atoms with van der Waals surface area (Å²) in [6.45, 7) is 3.45. The van der Waals surface area contributed by atoms with Crippen molar-refractivity contribution in [3.05, 3.63) is 15.8 Å². The van der Waals surface area contributed by atoms with Gasteiger partial charge in [0.05, 0.1) is 18.8 Å². The van der Waals surface area contributed by atoms with Crippen LogP contribution in [0.1, 0.15) is 29.7 Å². The van der Waals surface area contributed by atoms with Crippen LogP contribution in [0.15, 0.2) is 10.3 Å². The van der Waals surface area contributed by atoms with Crippen LogP contribution in [0.5, 0.6) is 0 Å². The van der Waals surface area contributed by atoms with Crippen LogP contribution >= 0.6 is 11.3 Å². The monoisotopic (exact) mass is 330 g/mol. The Morgan fingerprint density at radius 2 is 2.29 bits per heavy atom. The van der Waals surface area contributed by atoms with E-state index in [1.807, 2.05) is 19.4 Å². The fourth-order valence-electron chi connectivity index (χ4n) is 3.42. The van der Waals surface area contributed by atoms with Crippen LogP contribution in [0, 0.1) is 6.92 Å². The summed E-state index contributed by atoms with van der Waals surface area (Å²) in [6.07, 6.45) is 3.02. The highest BCUT2D eigenvalue weighted by Gasteiger charge is 2.43. The standard InChI is InChI=1S/C14H22N2O3S2/c1-10-9-20-13(8-15-2)14(10)21(17,18)16-6-7-19-12-5-3-4-11(12)16/h9,11-12,15H,3-8H2,1-2H3. The molecule has 3 rings (SSSR count). The zero-order valence-corrected chi connectivity index (χ0v) is 14.1. The number of ether oxygens (including phenoxy) is 1. The van der Waals surface area contributed by atoms with Gasteiger partial charge in [0.25, 0.3) is 0 Å². The average molecular weight is 330 g/mol. The van der Waals surface area contributed by atoms with Crippen LogP contribution in [-0.2, 0) is 21.3 Å². The molecule has 0 radical (unpaired) electrons. The van der Waals surface area contributed by atoms with Crippen LogP contribution in [0.2, 0.25) is 0 Å². The molecule has 5 nitrogen and oxygen atoms in total. The van der Waals surface area contributed by atoms with Gasteiger partial charge < -0.3 is 10.1 Å². The molecule has 7 heteroatoms. The molecule has 1 saturated carbocycles. The van der Waals surface area contributed by atoms with Crippen molar-refractivity contribution in [2.75, 3.05) is 20.2 Å². The molecule has 2 atom stereocenters. The van der Waals surface area contributed by atoms with E-state index in [2.05, 4.69) is 5.32 Å². The Morgan fingerprint density at radius 3 is 3.05 bits per heavy atom. The Hall–Kier alpha value is -0.470. The highest BCUT2D eigenvalue weighted by Crippen LogP contribution is 2.36. The first kappa shape index (κ1) is 15.4. The molecule has 2 aliphatic rings. The number of morpholine rings is 1. The number of fused-ring (bicyclic) bond motifs is 1. The van der Waals surface area contributed by atoms with Crippen LogP contribution in [-0.4, -0.2) is 45.1 Å². The van der Waals surface area contributed by atoms with E-state index in [1.54, 1.807) is 4.31 Å². The lowest BCUT2D eigenvalue weighted by molar-refractivity contribution is -0.0242. The lowest BCUT2D eigenvalue weighted by Gasteiger charge is -2.36. The van der Waals surface area contributed by atoms with E-state index >= 15 is 0 Å². The molecule has 2 unspecified atom stereocenters. The Morgan fingerprint density at radius 1 is 1.48 bits per heavy atom. The number of aryl methyl sites for hydroxylation is 1. The molecular weight excluding hydrogens is 308 g/mol. The lowest BCUT2D eigenvalue weighted by Crippen LogP contribution is -2.51. The van der Waals surface area contributed by atoms with Gasteiger partial charge in [0.2, 0.25) is 10.0 Å². The van der Waals surface area contributed by atoms with Crippen LogP contribution in [0.4, 0.5) is 0 Å². The zero-order valence-electron chi connectivity index (χ0n) is 12.5. The summed E-state index contributed by atoms with van der Waals surface area (Å²) in [5.41, 5.74) is 0.853. The largest absolute Gasteiger partial charge is 0.375 e. The van der Waals surface area contributed by atoms with Gasteiger partial charge in [-0.25, -0.2) is 8.42 Å². The third-order valence-corrected chi connectivity index (χ3v) is 7.71. The van der Waals surface area contributed by atoms with E-state index in [-0.39, 0.29) is 12.1 Å². The minimum atomic E-state index is -3.43. The summed E-state index contributed by atoms with van der Waals surface area (Å²) in [6, 6.07) is 0.0190. The number of thiophene rings is 1. The Balaban J connectivity index is 1.98. The van der Waals surface area contributed by atoms with Crippen molar-refractivity contribution in [3.63, 3.8) is 0 Å². The van der Waals surface area contributed by atoms with Gasteiger partial charge in [0.15, 0.2) is 0 Å². The SMILES string of the molecule is CNCc1scc(C)c1S(=O)(=O)N1CCOC2CCCC21. The quantitative estimate of drug-likeness (QED) is 0.913. The minimum Gasteiger partial charge on any atom is -0.375 e. The summed E-state index contributed by atoms with van der Waals surface area (Å²) >= 11 is 1.52. The van der Waals surface area contributed by atoms with Gasteiger partial charge in [-0.05, 0) is 44.2 Å². The van der Waals surface area contributed by atoms with E-state index in [1.165, 1.54) is 11.3 Å². The molecular formula is C14H22N2O3S2. The van der Waals surface area contributed by atoms with E-state index in [4.69, 9.17) is 4.74 Å². The highest BCUT2D eigenvalue weighted by molar-refractivity contribution is 7.89. The molecule has 1 aliphatic carbocycles. The van der Waals surface area contributed by atoms with Crippen LogP contribution < -0.4 is 5.32 Å². The fourth-order valence-corrected chi connectivity index (χ4v) is 6.86. The predicted molar refractivity (Wildman–Crippen MR) is 83.1 cm³/mol. The van der Waals surface area contributed by atoms with Crippen molar-refractivity contribution >= 4 is 21.4 Å². The third-order valence-electron chi connectivity index (χ3n) is 4.32. The summed E-state index contributed by atoms with van der Waals surface area (Å²) < 4.78 is 33.7. The zero-order chi connectivity index (χ0) is 15.0. The minimum absolute atomic E-state index is 0.0190. The number of nitrogens with one attached hydrogen (secondary N) is 1. The normalized spacial score (nSPS) is 27.0. The summed E-state index contributed by atoms with van der Waals surface area (Å²) in [5, 5.41) is 5.00. The molecule has 0 amide bonds. The number of hydrogen-bond acceptors (Lipinski definition) is 5. The number of nitrogens with zero attached hydrogens (tertiary/aromatic N) is 1. The molecule has 0 spiro atoms. The first-order valence-electron chi connectivity index (χ1n) is 7.40. The second-order valence-electron chi connectivity index (χ2n) is 5.72. The van der Waals surface area contributed by atoms with Crippen molar-refractivity contribution in [3.8, 4) is 0 Å². The second kappa shape index (κ2) is 5.96. The predicted octanol–water partition coefficient (Wildman–Crippen LogP) is 1.72. The van der Waals surface area contributed by atoms with E-state index in [9.17, 15) is 8.42 Å². The van der Waals surface area contributed by atoms with Crippen molar-refractivity contribution in [2.24, 2.45) is 0 Å². The van der Waals surface area contributed by atoms with Gasteiger partial charge in [-0.1, -0.05) is 0 Å². The number of rotatable bonds is 4. The summed E-state index contributed by atoms with van der Waals surface area (Å²) in [5.74, 6) is 0. The van der Waals surface area contributed by atoms with Gasteiger partial charge in [-0.2, -0.15) is 4.31 Å². The van der Waals surface area contributed by atoms with Crippen LogP contribution in [0.3, 0.4) is 0 Å². The first-order chi connectivity index (χ1) is 10.1. The first-order valence-corrected chi connectivity index (χ1v) is 9.72. The fraction of sp³-hybridized carbons (Fsp3) is 0.714. The van der Waals surface area contributed by atoms with E-state index < -0.39 is 10.0 Å². The maximum atomic E-state index is 13.2. The smallest absolute Gasteiger partial charge is 0.244 e. The van der Waals surface area contributed by atoms with Crippen molar-refractivity contribution in [2.45, 2.75) is 49.8 Å². The van der Waals surface area contributed by atoms with Crippen molar-refractivity contribution in [1.82, 2.24) is 9.62 Å². The van der Waals surface area contributed by atoms with E-state index in [0.29, 0.717) is 24.6 Å². The average Bonchev–Trinajstić information content (AvgIpc) is 3.05. The molecule has 1 aromatic rings. The topological polar surface area (TPSA) is 58.6 Å². The lowest BCUT2D eigenvalue weighted by atomic mass is 10.2. The Kier molecular flexibility index (Phi) is 4.38. The maximum absolute atomic E-state index is 13.2. The highest BCUT2D eigenvalue weighted by atomic mass is 32.2. The molecule has 2 fully saturated rings. The molecule has 1 saturated heterocycles. The third kappa shape index (κ3) is 2.66. The van der Waals surface area contributed by atoms with Gasteiger partial charge in [-0.15, -0.1) is 11.3 Å². The molecule has 1 aromatic heterocycles. The van der Waals surface area contributed by atoms with Crippen molar-refractivity contribution in [1.29, 1.82) is 0 Å². The number of sulfonamides is 1. The molecule has 0 aromatic carbocycles. The summed E-state index contributed by atoms with van der Waals surface area (Å²) in [7, 11) is -1.59. The van der Waals surface area contributed by atoms with Gasteiger partial charge in [0, 0.05) is 18.0 Å². The molecule has 1 aliphatic heterocycles. The van der Waals surface area contributed by atoms with Gasteiger partial charge >= 0.3 is 0 Å². The molecule has 2 heterocycles. The van der Waals surface area contributed by atoms with Crippen molar-refractivity contribution < 1.29 is 13.2 Å². The molecule has 1 N–H and O–H groups in total. The molecule has 0 bridgehead atoms. The molecule has 21 heavy (non-hydrogen) atoms. The van der Waals surface area contributed by atoms with Gasteiger partial charge in [-0.3, -0.25) is 0 Å². The summed E-state index contributed by atoms with van der Waals surface area (Å²) in [4.78, 5) is 1.41.